The Morgan fingerprint density at radius 3 is 2.33 bits per heavy atom. The third-order valence-corrected chi connectivity index (χ3v) is 2.29. The molecule has 0 saturated carbocycles. The van der Waals surface area contributed by atoms with Crippen molar-refractivity contribution in [3.8, 4) is 0 Å². The predicted octanol–water partition coefficient (Wildman–Crippen LogP) is 1.88. The molecule has 1 saturated heterocycles. The quantitative estimate of drug-likeness (QED) is 0.604. The highest BCUT2D eigenvalue weighted by Gasteiger charge is 2.22. The van der Waals surface area contributed by atoms with Gasteiger partial charge in [-0.2, -0.15) is 0 Å². The standard InChI is InChI=1S/C8H17NO.C2H6/c1-8(10)4-3-6-9(2)7-5-8;1-2/h10H,3-7H2,1-2H3;1-2H3. The van der Waals surface area contributed by atoms with E-state index in [1.165, 1.54) is 0 Å². The number of likely N-dealkylation sites (tertiary alicyclic amines) is 1. The van der Waals surface area contributed by atoms with E-state index in [0.717, 1.165) is 32.4 Å². The molecule has 2 nitrogen and oxygen atoms in total. The maximum absolute atomic E-state index is 9.65. The lowest BCUT2D eigenvalue weighted by atomic mass is 9.98. The van der Waals surface area contributed by atoms with Gasteiger partial charge >= 0.3 is 0 Å². The molecule has 1 atom stereocenters. The Hall–Kier alpha value is -0.0800. The van der Waals surface area contributed by atoms with Gasteiger partial charge in [-0.25, -0.2) is 0 Å². The molecule has 12 heavy (non-hydrogen) atoms. The molecule has 0 aromatic carbocycles. The van der Waals surface area contributed by atoms with Crippen molar-refractivity contribution < 1.29 is 5.11 Å². The van der Waals surface area contributed by atoms with E-state index in [4.69, 9.17) is 0 Å². The average molecular weight is 173 g/mol. The summed E-state index contributed by atoms with van der Waals surface area (Å²) in [5.41, 5.74) is -0.398. The van der Waals surface area contributed by atoms with Gasteiger partial charge in [0.1, 0.15) is 0 Å². The van der Waals surface area contributed by atoms with E-state index in [1.54, 1.807) is 0 Å². The van der Waals surface area contributed by atoms with Crippen molar-refractivity contribution >= 4 is 0 Å². The van der Waals surface area contributed by atoms with Gasteiger partial charge in [0.25, 0.3) is 0 Å². The number of aliphatic hydroxyl groups is 1. The van der Waals surface area contributed by atoms with Gasteiger partial charge in [0.05, 0.1) is 5.60 Å². The maximum atomic E-state index is 9.65. The van der Waals surface area contributed by atoms with E-state index in [1.807, 2.05) is 20.8 Å². The van der Waals surface area contributed by atoms with Crippen LogP contribution in [0.4, 0.5) is 0 Å². The molecule has 1 rings (SSSR count). The van der Waals surface area contributed by atoms with E-state index < -0.39 is 5.60 Å². The number of hydrogen-bond acceptors (Lipinski definition) is 2. The summed E-state index contributed by atoms with van der Waals surface area (Å²) in [6.07, 6.45) is 3.00. The average Bonchev–Trinajstić information content (AvgIpc) is 2.17. The van der Waals surface area contributed by atoms with Gasteiger partial charge in [0.15, 0.2) is 0 Å². The molecule has 74 valence electrons. The molecule has 0 radical (unpaired) electrons. The topological polar surface area (TPSA) is 23.5 Å². The van der Waals surface area contributed by atoms with Crippen molar-refractivity contribution in [2.45, 2.75) is 45.6 Å². The monoisotopic (exact) mass is 173 g/mol. The SMILES string of the molecule is CC.CN1CCCC(C)(O)CC1. The third-order valence-electron chi connectivity index (χ3n) is 2.29. The fourth-order valence-corrected chi connectivity index (χ4v) is 1.40. The largest absolute Gasteiger partial charge is 0.390 e. The van der Waals surface area contributed by atoms with Crippen molar-refractivity contribution in [3.05, 3.63) is 0 Å². The van der Waals surface area contributed by atoms with Crippen LogP contribution in [0.2, 0.25) is 0 Å². The van der Waals surface area contributed by atoms with Crippen molar-refractivity contribution in [1.82, 2.24) is 4.90 Å². The summed E-state index contributed by atoms with van der Waals surface area (Å²) in [4.78, 5) is 2.28. The van der Waals surface area contributed by atoms with E-state index in [0.29, 0.717) is 0 Å². The Bertz CT molecular complexity index is 112. The first-order valence-corrected chi connectivity index (χ1v) is 5.01. The fourth-order valence-electron chi connectivity index (χ4n) is 1.40. The maximum Gasteiger partial charge on any atom is 0.0632 e. The zero-order valence-electron chi connectivity index (χ0n) is 8.93. The van der Waals surface area contributed by atoms with Crippen LogP contribution in [0.1, 0.15) is 40.0 Å². The minimum atomic E-state index is -0.398. The first-order chi connectivity index (χ1) is 5.60. The Morgan fingerprint density at radius 2 is 1.75 bits per heavy atom. The Kier molecular flexibility index (Phi) is 5.51. The zero-order chi connectivity index (χ0) is 9.61. The van der Waals surface area contributed by atoms with Gasteiger partial charge in [0.2, 0.25) is 0 Å². The molecule has 1 heterocycles. The normalized spacial score (nSPS) is 31.8. The number of rotatable bonds is 0. The lowest BCUT2D eigenvalue weighted by molar-refractivity contribution is 0.0454. The summed E-state index contributed by atoms with van der Waals surface area (Å²) < 4.78 is 0. The molecule has 1 fully saturated rings. The lowest BCUT2D eigenvalue weighted by Crippen LogP contribution is -2.26. The van der Waals surface area contributed by atoms with E-state index >= 15 is 0 Å². The van der Waals surface area contributed by atoms with Crippen LogP contribution in [0, 0.1) is 0 Å². The van der Waals surface area contributed by atoms with E-state index in [2.05, 4.69) is 11.9 Å². The van der Waals surface area contributed by atoms with Crippen molar-refractivity contribution in [2.24, 2.45) is 0 Å². The Labute approximate surface area is 76.6 Å². The van der Waals surface area contributed by atoms with E-state index in [9.17, 15) is 5.11 Å². The number of nitrogens with zero attached hydrogens (tertiary/aromatic N) is 1. The van der Waals surface area contributed by atoms with Crippen molar-refractivity contribution in [3.63, 3.8) is 0 Å². The van der Waals surface area contributed by atoms with Gasteiger partial charge in [-0.05, 0) is 39.8 Å². The van der Waals surface area contributed by atoms with E-state index in [-0.39, 0.29) is 0 Å². The molecule has 2 heteroatoms. The van der Waals surface area contributed by atoms with Gasteiger partial charge in [0, 0.05) is 6.54 Å². The molecule has 0 aliphatic carbocycles. The highest BCUT2D eigenvalue weighted by molar-refractivity contribution is 4.77. The van der Waals surface area contributed by atoms with Crippen LogP contribution >= 0.6 is 0 Å². The van der Waals surface area contributed by atoms with Crippen molar-refractivity contribution in [2.75, 3.05) is 20.1 Å². The Balaban J connectivity index is 0.000000561. The zero-order valence-corrected chi connectivity index (χ0v) is 8.93. The summed E-state index contributed by atoms with van der Waals surface area (Å²) in [6, 6.07) is 0. The second-order valence-electron chi connectivity index (χ2n) is 3.65. The van der Waals surface area contributed by atoms with Gasteiger partial charge in [-0.3, -0.25) is 0 Å². The predicted molar refractivity (Wildman–Crippen MR) is 53.3 cm³/mol. The molecule has 0 amide bonds. The lowest BCUT2D eigenvalue weighted by Gasteiger charge is -2.20. The Morgan fingerprint density at radius 1 is 1.17 bits per heavy atom. The summed E-state index contributed by atoms with van der Waals surface area (Å²) in [7, 11) is 2.11. The second kappa shape index (κ2) is 5.55. The summed E-state index contributed by atoms with van der Waals surface area (Å²) in [6.45, 7) is 8.11. The summed E-state index contributed by atoms with van der Waals surface area (Å²) >= 11 is 0. The highest BCUT2D eigenvalue weighted by Crippen LogP contribution is 2.20. The third kappa shape index (κ3) is 4.73. The number of hydrogen-bond donors (Lipinski definition) is 1. The highest BCUT2D eigenvalue weighted by atomic mass is 16.3. The van der Waals surface area contributed by atoms with Crippen LogP contribution in [-0.2, 0) is 0 Å². The molecule has 1 N–H and O–H groups in total. The van der Waals surface area contributed by atoms with Crippen LogP contribution in [0.15, 0.2) is 0 Å². The molecular formula is C10H23NO. The van der Waals surface area contributed by atoms with Crippen LogP contribution < -0.4 is 0 Å². The molecule has 1 aliphatic rings. The fraction of sp³-hybridized carbons (Fsp3) is 1.00. The summed E-state index contributed by atoms with van der Waals surface area (Å²) in [5, 5.41) is 9.65. The minimum absolute atomic E-state index is 0.398. The smallest absolute Gasteiger partial charge is 0.0632 e. The van der Waals surface area contributed by atoms with Crippen LogP contribution in [0.25, 0.3) is 0 Å². The summed E-state index contributed by atoms with van der Waals surface area (Å²) in [5.74, 6) is 0. The molecule has 0 aromatic rings. The molecular weight excluding hydrogens is 150 g/mol. The molecule has 0 aromatic heterocycles. The molecule has 0 spiro atoms. The van der Waals surface area contributed by atoms with Gasteiger partial charge in [-0.15, -0.1) is 0 Å². The van der Waals surface area contributed by atoms with Crippen LogP contribution in [-0.4, -0.2) is 35.7 Å². The first kappa shape index (κ1) is 11.9. The first-order valence-electron chi connectivity index (χ1n) is 5.01. The van der Waals surface area contributed by atoms with Crippen LogP contribution in [0.5, 0.6) is 0 Å². The molecule has 0 bridgehead atoms. The molecule has 1 unspecified atom stereocenters. The second-order valence-corrected chi connectivity index (χ2v) is 3.65. The van der Waals surface area contributed by atoms with Gasteiger partial charge < -0.3 is 10.0 Å². The molecule has 1 aliphatic heterocycles. The van der Waals surface area contributed by atoms with Crippen LogP contribution in [0.3, 0.4) is 0 Å². The van der Waals surface area contributed by atoms with Crippen molar-refractivity contribution in [1.29, 1.82) is 0 Å². The van der Waals surface area contributed by atoms with Gasteiger partial charge in [-0.1, -0.05) is 13.8 Å². The minimum Gasteiger partial charge on any atom is -0.390 e.